The summed E-state index contributed by atoms with van der Waals surface area (Å²) in [6.07, 6.45) is 0.160. The van der Waals surface area contributed by atoms with Crippen molar-refractivity contribution in [3.63, 3.8) is 0 Å². The van der Waals surface area contributed by atoms with Crippen LogP contribution in [0, 0.1) is 0 Å². The van der Waals surface area contributed by atoms with Crippen LogP contribution in [0.2, 0.25) is 0 Å². The van der Waals surface area contributed by atoms with E-state index in [0.29, 0.717) is 6.42 Å². The molecule has 1 fully saturated rings. The lowest BCUT2D eigenvalue weighted by Gasteiger charge is -2.12. The normalized spacial score (nSPS) is 35.1. The van der Waals surface area contributed by atoms with E-state index in [-0.39, 0.29) is 24.5 Å². The largest absolute Gasteiger partial charge is 0.460 e. The maximum Gasteiger partial charge on any atom is 0.302 e. The molecular formula is C8H14O4. The van der Waals surface area contributed by atoms with Crippen LogP contribution in [0.15, 0.2) is 0 Å². The SMILES string of the molecule is COC1C[C@H](OC(C)=O)[C@@H](C)O1. The summed E-state index contributed by atoms with van der Waals surface area (Å²) in [6.45, 7) is 3.26. The van der Waals surface area contributed by atoms with Crippen LogP contribution >= 0.6 is 0 Å². The van der Waals surface area contributed by atoms with Crippen molar-refractivity contribution in [3.05, 3.63) is 0 Å². The lowest BCUT2D eigenvalue weighted by molar-refractivity contribution is -0.149. The molecule has 4 heteroatoms. The Morgan fingerprint density at radius 2 is 2.25 bits per heavy atom. The molecule has 70 valence electrons. The molecule has 12 heavy (non-hydrogen) atoms. The van der Waals surface area contributed by atoms with Crippen molar-refractivity contribution in [2.45, 2.75) is 38.8 Å². The molecule has 1 aliphatic rings. The van der Waals surface area contributed by atoms with Crippen molar-refractivity contribution < 1.29 is 19.0 Å². The highest BCUT2D eigenvalue weighted by Gasteiger charge is 2.34. The van der Waals surface area contributed by atoms with Gasteiger partial charge < -0.3 is 14.2 Å². The van der Waals surface area contributed by atoms with Gasteiger partial charge in [-0.3, -0.25) is 4.79 Å². The number of hydrogen-bond acceptors (Lipinski definition) is 4. The summed E-state index contributed by atoms with van der Waals surface area (Å²) < 4.78 is 15.3. The first-order valence-electron chi connectivity index (χ1n) is 3.99. The van der Waals surface area contributed by atoms with Gasteiger partial charge in [0.25, 0.3) is 0 Å². The quantitative estimate of drug-likeness (QED) is 0.578. The Labute approximate surface area is 71.8 Å². The Bertz CT molecular complexity index is 168. The van der Waals surface area contributed by atoms with Gasteiger partial charge in [-0.25, -0.2) is 0 Å². The Morgan fingerprint density at radius 1 is 1.58 bits per heavy atom. The molecule has 0 spiro atoms. The number of methoxy groups -OCH3 is 1. The van der Waals surface area contributed by atoms with E-state index in [1.54, 1.807) is 7.11 Å². The molecule has 3 atom stereocenters. The van der Waals surface area contributed by atoms with Crippen LogP contribution in [0.5, 0.6) is 0 Å². The zero-order chi connectivity index (χ0) is 9.14. The molecule has 0 aromatic carbocycles. The van der Waals surface area contributed by atoms with Gasteiger partial charge in [0.05, 0.1) is 6.10 Å². The smallest absolute Gasteiger partial charge is 0.302 e. The molecule has 1 aliphatic heterocycles. The van der Waals surface area contributed by atoms with Crippen LogP contribution in [0.3, 0.4) is 0 Å². The molecule has 0 radical (unpaired) electrons. The zero-order valence-electron chi connectivity index (χ0n) is 7.57. The van der Waals surface area contributed by atoms with E-state index in [1.807, 2.05) is 6.92 Å². The number of carbonyl (C=O) groups excluding carboxylic acids is 1. The van der Waals surface area contributed by atoms with Crippen molar-refractivity contribution in [1.29, 1.82) is 0 Å². The van der Waals surface area contributed by atoms with Crippen LogP contribution in [-0.2, 0) is 19.0 Å². The minimum absolute atomic E-state index is 0.0705. The molecule has 0 saturated carbocycles. The maximum absolute atomic E-state index is 10.6. The molecular weight excluding hydrogens is 160 g/mol. The summed E-state index contributed by atoms with van der Waals surface area (Å²) >= 11 is 0. The Morgan fingerprint density at radius 3 is 2.67 bits per heavy atom. The van der Waals surface area contributed by atoms with Crippen molar-refractivity contribution in [2.24, 2.45) is 0 Å². The van der Waals surface area contributed by atoms with E-state index < -0.39 is 0 Å². The average molecular weight is 174 g/mol. The third kappa shape index (κ3) is 2.19. The van der Waals surface area contributed by atoms with Crippen LogP contribution in [0.4, 0.5) is 0 Å². The van der Waals surface area contributed by atoms with Crippen LogP contribution in [0.1, 0.15) is 20.3 Å². The van der Waals surface area contributed by atoms with Crippen molar-refractivity contribution in [2.75, 3.05) is 7.11 Å². The third-order valence-corrected chi connectivity index (χ3v) is 1.89. The van der Waals surface area contributed by atoms with Crippen molar-refractivity contribution >= 4 is 5.97 Å². The Kier molecular flexibility index (Phi) is 3.05. The fourth-order valence-electron chi connectivity index (χ4n) is 1.27. The van der Waals surface area contributed by atoms with Gasteiger partial charge in [-0.1, -0.05) is 0 Å². The highest BCUT2D eigenvalue weighted by molar-refractivity contribution is 5.66. The zero-order valence-corrected chi connectivity index (χ0v) is 7.57. The molecule has 0 bridgehead atoms. The summed E-state index contributed by atoms with van der Waals surface area (Å²) in [4.78, 5) is 10.6. The second-order valence-electron chi connectivity index (χ2n) is 2.89. The van der Waals surface area contributed by atoms with Gasteiger partial charge in [0, 0.05) is 20.5 Å². The number of rotatable bonds is 2. The summed E-state index contributed by atoms with van der Waals surface area (Å²) in [6, 6.07) is 0. The molecule has 1 unspecified atom stereocenters. The molecule has 1 heterocycles. The highest BCUT2D eigenvalue weighted by atomic mass is 16.7. The average Bonchev–Trinajstić information content (AvgIpc) is 2.31. The molecule has 1 saturated heterocycles. The minimum Gasteiger partial charge on any atom is -0.460 e. The molecule has 0 aliphatic carbocycles. The fraction of sp³-hybridized carbons (Fsp3) is 0.875. The van der Waals surface area contributed by atoms with E-state index in [9.17, 15) is 4.79 Å². The van der Waals surface area contributed by atoms with Gasteiger partial charge in [0.15, 0.2) is 6.29 Å². The second kappa shape index (κ2) is 3.87. The summed E-state index contributed by atoms with van der Waals surface area (Å²) in [5.41, 5.74) is 0. The van der Waals surface area contributed by atoms with Gasteiger partial charge in [0.1, 0.15) is 6.10 Å². The van der Waals surface area contributed by atoms with Gasteiger partial charge in [-0.15, -0.1) is 0 Å². The van der Waals surface area contributed by atoms with Crippen LogP contribution < -0.4 is 0 Å². The molecule has 0 aromatic rings. The Hall–Kier alpha value is -0.610. The summed E-state index contributed by atoms with van der Waals surface area (Å²) in [7, 11) is 1.58. The standard InChI is InChI=1S/C8H14O4/c1-5-7(12-6(2)9)4-8(10-3)11-5/h5,7-8H,4H2,1-3H3/t5-,7+,8?/m1/s1. The minimum atomic E-state index is -0.271. The van der Waals surface area contributed by atoms with Crippen molar-refractivity contribution in [1.82, 2.24) is 0 Å². The summed E-state index contributed by atoms with van der Waals surface area (Å²) in [5, 5.41) is 0. The lowest BCUT2D eigenvalue weighted by atomic mass is 10.2. The first-order chi connectivity index (χ1) is 5.63. The Balaban J connectivity index is 2.40. The number of carbonyl (C=O) groups is 1. The van der Waals surface area contributed by atoms with E-state index >= 15 is 0 Å². The predicted molar refractivity (Wildman–Crippen MR) is 41.5 cm³/mol. The van der Waals surface area contributed by atoms with Gasteiger partial charge in [0.2, 0.25) is 0 Å². The number of esters is 1. The molecule has 0 aromatic heterocycles. The monoisotopic (exact) mass is 174 g/mol. The van der Waals surface area contributed by atoms with Gasteiger partial charge in [-0.05, 0) is 6.92 Å². The lowest BCUT2D eigenvalue weighted by Crippen LogP contribution is -2.23. The van der Waals surface area contributed by atoms with E-state index in [2.05, 4.69) is 0 Å². The van der Waals surface area contributed by atoms with E-state index in [0.717, 1.165) is 0 Å². The fourth-order valence-corrected chi connectivity index (χ4v) is 1.27. The maximum atomic E-state index is 10.6. The first kappa shape index (κ1) is 9.48. The van der Waals surface area contributed by atoms with Gasteiger partial charge in [-0.2, -0.15) is 0 Å². The van der Waals surface area contributed by atoms with Crippen LogP contribution in [0.25, 0.3) is 0 Å². The molecule has 1 rings (SSSR count). The third-order valence-electron chi connectivity index (χ3n) is 1.89. The topological polar surface area (TPSA) is 44.8 Å². The molecule has 4 nitrogen and oxygen atoms in total. The number of ether oxygens (including phenoxy) is 3. The van der Waals surface area contributed by atoms with Crippen molar-refractivity contribution in [3.8, 4) is 0 Å². The van der Waals surface area contributed by atoms with E-state index in [4.69, 9.17) is 14.2 Å². The second-order valence-corrected chi connectivity index (χ2v) is 2.89. The molecule has 0 amide bonds. The first-order valence-corrected chi connectivity index (χ1v) is 3.99. The summed E-state index contributed by atoms with van der Waals surface area (Å²) in [5.74, 6) is -0.271. The van der Waals surface area contributed by atoms with Gasteiger partial charge >= 0.3 is 5.97 Å². The highest BCUT2D eigenvalue weighted by Crippen LogP contribution is 2.23. The van der Waals surface area contributed by atoms with Crippen LogP contribution in [-0.4, -0.2) is 31.6 Å². The molecule has 0 N–H and O–H groups in total. The van der Waals surface area contributed by atoms with E-state index in [1.165, 1.54) is 6.92 Å². The predicted octanol–water partition coefficient (Wildman–Crippen LogP) is 0.699. The number of hydrogen-bond donors (Lipinski definition) is 0.